The number of nitrogens with two attached hydrogens (primary N) is 1. The second-order valence-electron chi connectivity index (χ2n) is 9.65. The average Bonchev–Trinajstić information content (AvgIpc) is 3.05. The molecular weight excluding hydrogens is 572 g/mol. The van der Waals surface area contributed by atoms with Gasteiger partial charge in [0.25, 0.3) is 11.6 Å². The lowest BCUT2D eigenvalue weighted by Crippen LogP contribution is -2.47. The van der Waals surface area contributed by atoms with Gasteiger partial charge in [-0.1, -0.05) is 0 Å². The van der Waals surface area contributed by atoms with Gasteiger partial charge in [0, 0.05) is 74.9 Å². The van der Waals surface area contributed by atoms with Crippen molar-refractivity contribution in [2.75, 3.05) is 99.3 Å². The SMILES string of the molecule is NCCOCCOCCNC(=O)c1ccc(Nc2nc(NCCO)nc(N3CCN(c4ccc([N+](=O)[O-])cc4)CC3)n2)cc1. The zero-order valence-electron chi connectivity index (χ0n) is 24.4. The lowest BCUT2D eigenvalue weighted by atomic mass is 10.2. The first-order valence-corrected chi connectivity index (χ1v) is 14.3. The predicted molar refractivity (Wildman–Crippen MR) is 166 cm³/mol. The fraction of sp³-hybridized carbons (Fsp3) is 0.429. The van der Waals surface area contributed by atoms with Crippen molar-refractivity contribution in [2.24, 2.45) is 5.73 Å². The Morgan fingerprint density at radius 1 is 0.886 bits per heavy atom. The number of hydrogen-bond donors (Lipinski definition) is 5. The highest BCUT2D eigenvalue weighted by atomic mass is 16.6. The minimum absolute atomic E-state index is 0.0561. The Balaban J connectivity index is 1.33. The molecule has 0 saturated carbocycles. The van der Waals surface area contributed by atoms with Crippen molar-refractivity contribution in [1.29, 1.82) is 0 Å². The van der Waals surface area contributed by atoms with E-state index in [1.807, 2.05) is 4.90 Å². The highest BCUT2D eigenvalue weighted by Gasteiger charge is 2.21. The maximum absolute atomic E-state index is 12.5. The summed E-state index contributed by atoms with van der Waals surface area (Å²) >= 11 is 0. The molecule has 0 aliphatic carbocycles. The number of hydrogen-bond acceptors (Lipinski definition) is 14. The van der Waals surface area contributed by atoms with Crippen LogP contribution in [0.4, 0.5) is 34.9 Å². The zero-order valence-corrected chi connectivity index (χ0v) is 24.4. The first-order valence-electron chi connectivity index (χ1n) is 14.3. The minimum Gasteiger partial charge on any atom is -0.395 e. The van der Waals surface area contributed by atoms with Crippen LogP contribution >= 0.6 is 0 Å². The summed E-state index contributed by atoms with van der Waals surface area (Å²) in [4.78, 5) is 40.8. The second-order valence-corrected chi connectivity index (χ2v) is 9.65. The number of nitrogens with one attached hydrogen (secondary N) is 3. The third kappa shape index (κ3) is 9.70. The summed E-state index contributed by atoms with van der Waals surface area (Å²) in [6, 6.07) is 13.4. The smallest absolute Gasteiger partial charge is 0.269 e. The molecule has 2 heterocycles. The molecule has 1 aliphatic rings. The van der Waals surface area contributed by atoms with Crippen molar-refractivity contribution in [3.63, 3.8) is 0 Å². The highest BCUT2D eigenvalue weighted by molar-refractivity contribution is 5.94. The van der Waals surface area contributed by atoms with Crippen LogP contribution in [0.5, 0.6) is 0 Å². The van der Waals surface area contributed by atoms with Crippen molar-refractivity contribution in [1.82, 2.24) is 20.3 Å². The van der Waals surface area contributed by atoms with E-state index >= 15 is 0 Å². The number of aliphatic hydroxyl groups is 1. The Kier molecular flexibility index (Phi) is 12.4. The van der Waals surface area contributed by atoms with Crippen LogP contribution < -0.4 is 31.5 Å². The van der Waals surface area contributed by atoms with Crippen LogP contribution in [-0.2, 0) is 9.47 Å². The van der Waals surface area contributed by atoms with E-state index in [1.54, 1.807) is 36.4 Å². The molecule has 0 unspecified atom stereocenters. The Bertz CT molecular complexity index is 1340. The van der Waals surface area contributed by atoms with E-state index in [4.69, 9.17) is 15.2 Å². The van der Waals surface area contributed by atoms with Crippen LogP contribution in [0.3, 0.4) is 0 Å². The third-order valence-corrected chi connectivity index (χ3v) is 6.58. The monoisotopic (exact) mass is 610 g/mol. The van der Waals surface area contributed by atoms with Gasteiger partial charge < -0.3 is 46.1 Å². The average molecular weight is 611 g/mol. The van der Waals surface area contributed by atoms with E-state index in [-0.39, 0.29) is 24.7 Å². The number of piperazine rings is 1. The van der Waals surface area contributed by atoms with Crippen LogP contribution in [-0.4, -0.2) is 110 Å². The molecule has 1 fully saturated rings. The molecule has 0 spiro atoms. The number of carbonyl (C=O) groups is 1. The summed E-state index contributed by atoms with van der Waals surface area (Å²) in [7, 11) is 0. The molecule has 1 aliphatic heterocycles. The molecule has 1 saturated heterocycles. The van der Waals surface area contributed by atoms with Gasteiger partial charge in [-0.2, -0.15) is 15.0 Å². The molecule has 236 valence electrons. The largest absolute Gasteiger partial charge is 0.395 e. The number of nitro benzene ring substituents is 1. The van der Waals surface area contributed by atoms with E-state index in [0.717, 1.165) is 5.69 Å². The normalized spacial score (nSPS) is 13.0. The van der Waals surface area contributed by atoms with E-state index < -0.39 is 4.92 Å². The summed E-state index contributed by atoms with van der Waals surface area (Å²) in [5.41, 5.74) is 7.50. The van der Waals surface area contributed by atoms with E-state index in [2.05, 4.69) is 35.8 Å². The third-order valence-electron chi connectivity index (χ3n) is 6.58. The van der Waals surface area contributed by atoms with Crippen LogP contribution in [0.2, 0.25) is 0 Å². The summed E-state index contributed by atoms with van der Waals surface area (Å²) in [5, 5.41) is 29.2. The van der Waals surface area contributed by atoms with Crippen molar-refractivity contribution in [3.05, 3.63) is 64.2 Å². The minimum atomic E-state index is -0.412. The standard InChI is InChI=1S/C28H38N10O6/c29-9-17-43-19-20-44-18-11-30-25(40)21-1-3-22(4-2-21)32-27-33-26(31-10-16-39)34-28(35-27)37-14-12-36(13-15-37)23-5-7-24(8-6-23)38(41)42/h1-8,39H,9-20,29H2,(H,30,40)(H2,31,32,33,34,35). The maximum Gasteiger partial charge on any atom is 0.269 e. The molecule has 3 aromatic rings. The Hall–Kier alpha value is -4.64. The topological polar surface area (TPSA) is 206 Å². The van der Waals surface area contributed by atoms with Crippen molar-refractivity contribution in [3.8, 4) is 0 Å². The molecule has 0 radical (unpaired) electrons. The predicted octanol–water partition coefficient (Wildman–Crippen LogP) is 0.976. The summed E-state index contributed by atoms with van der Waals surface area (Å²) in [5.74, 6) is 0.868. The quantitative estimate of drug-likeness (QED) is 0.0821. The molecular formula is C28H38N10O6. The van der Waals surface area contributed by atoms with Gasteiger partial charge in [-0.05, 0) is 36.4 Å². The lowest BCUT2D eigenvalue weighted by Gasteiger charge is -2.36. The number of benzene rings is 2. The Morgan fingerprint density at radius 3 is 2.20 bits per heavy atom. The second kappa shape index (κ2) is 16.9. The van der Waals surface area contributed by atoms with Gasteiger partial charge in [0.15, 0.2) is 0 Å². The number of anilines is 5. The summed E-state index contributed by atoms with van der Waals surface area (Å²) < 4.78 is 10.7. The first-order chi connectivity index (χ1) is 21.5. The molecule has 2 aromatic carbocycles. The van der Waals surface area contributed by atoms with Crippen LogP contribution in [0, 0.1) is 10.1 Å². The number of ether oxygens (including phenoxy) is 2. The zero-order chi connectivity index (χ0) is 31.1. The fourth-order valence-electron chi connectivity index (χ4n) is 4.34. The lowest BCUT2D eigenvalue weighted by molar-refractivity contribution is -0.384. The molecule has 0 atom stereocenters. The Morgan fingerprint density at radius 2 is 1.55 bits per heavy atom. The number of amides is 1. The molecule has 44 heavy (non-hydrogen) atoms. The molecule has 4 rings (SSSR count). The molecule has 16 nitrogen and oxygen atoms in total. The molecule has 0 bridgehead atoms. The molecule has 1 amide bonds. The fourth-order valence-corrected chi connectivity index (χ4v) is 4.34. The van der Waals surface area contributed by atoms with E-state index in [0.29, 0.717) is 94.8 Å². The van der Waals surface area contributed by atoms with Gasteiger partial charge in [-0.3, -0.25) is 14.9 Å². The first kappa shape index (κ1) is 32.3. The number of rotatable bonds is 17. The van der Waals surface area contributed by atoms with Crippen LogP contribution in [0.1, 0.15) is 10.4 Å². The van der Waals surface area contributed by atoms with E-state index in [9.17, 15) is 20.0 Å². The molecule has 16 heteroatoms. The number of carbonyl (C=O) groups excluding carboxylic acids is 1. The van der Waals surface area contributed by atoms with Gasteiger partial charge in [0.05, 0.1) is 38.0 Å². The van der Waals surface area contributed by atoms with Crippen molar-refractivity contribution >= 4 is 40.8 Å². The number of nitrogens with zero attached hydrogens (tertiary/aromatic N) is 6. The van der Waals surface area contributed by atoms with Gasteiger partial charge in [0.2, 0.25) is 17.8 Å². The summed E-state index contributed by atoms with van der Waals surface area (Å²) in [6.45, 7) is 5.37. The number of non-ortho nitro benzene ring substituents is 1. The van der Waals surface area contributed by atoms with Crippen LogP contribution in [0.25, 0.3) is 0 Å². The Labute approximate surface area is 254 Å². The van der Waals surface area contributed by atoms with Crippen molar-refractivity contribution < 1.29 is 24.3 Å². The number of nitro groups is 1. The number of aliphatic hydroxyl groups excluding tert-OH is 1. The van der Waals surface area contributed by atoms with E-state index in [1.165, 1.54) is 12.1 Å². The van der Waals surface area contributed by atoms with Crippen LogP contribution in [0.15, 0.2) is 48.5 Å². The van der Waals surface area contributed by atoms with Gasteiger partial charge in [0.1, 0.15) is 0 Å². The maximum atomic E-state index is 12.5. The number of aromatic nitrogens is 3. The van der Waals surface area contributed by atoms with Crippen molar-refractivity contribution in [2.45, 2.75) is 0 Å². The van der Waals surface area contributed by atoms with Gasteiger partial charge in [-0.15, -0.1) is 0 Å². The molecule has 6 N–H and O–H groups in total. The highest BCUT2D eigenvalue weighted by Crippen LogP contribution is 2.23. The van der Waals surface area contributed by atoms with Gasteiger partial charge in [-0.25, -0.2) is 0 Å². The summed E-state index contributed by atoms with van der Waals surface area (Å²) in [6.07, 6.45) is 0. The van der Waals surface area contributed by atoms with Gasteiger partial charge >= 0.3 is 0 Å². The molecule has 1 aromatic heterocycles.